The molecule has 0 radical (unpaired) electrons. The van der Waals surface area contributed by atoms with Crippen molar-refractivity contribution in [3.05, 3.63) is 144 Å². The topological polar surface area (TPSA) is 24.4 Å². The predicted octanol–water partition coefficient (Wildman–Crippen LogP) is 11.2. The van der Waals surface area contributed by atoms with Gasteiger partial charge in [0.05, 0.1) is 22.9 Å². The van der Waals surface area contributed by atoms with Gasteiger partial charge in [-0.1, -0.05) is 110 Å². The zero-order valence-electron chi connectivity index (χ0n) is 24.1. The van der Waals surface area contributed by atoms with E-state index in [0.717, 1.165) is 39.6 Å². The first-order valence-corrected chi connectivity index (χ1v) is 14.4. The molecule has 2 nitrogen and oxygen atoms in total. The second-order valence-corrected chi connectivity index (χ2v) is 11.2. The molecule has 1 N–H and O–H groups in total. The highest BCUT2D eigenvalue weighted by Crippen LogP contribution is 2.41. The molecule has 0 saturated carbocycles. The van der Waals surface area contributed by atoms with E-state index in [1.807, 2.05) is 97.9 Å². The number of allylic oxidation sites excluding steroid dienone is 1. The lowest BCUT2D eigenvalue weighted by Gasteiger charge is -2.29. The molecule has 1 heterocycles. The van der Waals surface area contributed by atoms with E-state index in [1.165, 1.54) is 0 Å². The van der Waals surface area contributed by atoms with Crippen molar-refractivity contribution in [2.24, 2.45) is 10.9 Å². The van der Waals surface area contributed by atoms with Crippen molar-refractivity contribution >= 4 is 27.9 Å². The average molecular weight is 615 g/mol. The van der Waals surface area contributed by atoms with E-state index < -0.39 is 29.5 Å². The normalized spacial score (nSPS) is 16.2. The van der Waals surface area contributed by atoms with Crippen LogP contribution in [0, 0.1) is 5.92 Å². The number of nitrogens with one attached hydrogen (secondary N) is 1. The maximum atomic E-state index is 13.8. The van der Waals surface area contributed by atoms with Crippen molar-refractivity contribution < 1.29 is 26.3 Å². The lowest BCUT2D eigenvalue weighted by molar-refractivity contribution is -0.143. The summed E-state index contributed by atoms with van der Waals surface area (Å²) in [6.07, 6.45) is -7.45. The Labute approximate surface area is 256 Å². The molecular formula is C37H28F6N2. The van der Waals surface area contributed by atoms with Crippen LogP contribution in [0.25, 0.3) is 27.6 Å². The first-order valence-electron chi connectivity index (χ1n) is 14.4. The number of aliphatic imine (C=N–C) groups is 1. The quantitative estimate of drug-likeness (QED) is 0.189. The third-order valence-corrected chi connectivity index (χ3v) is 7.89. The molecule has 2 unspecified atom stereocenters. The number of anilines is 1. The van der Waals surface area contributed by atoms with Gasteiger partial charge in [0.15, 0.2) is 0 Å². The molecule has 2 atom stereocenters. The van der Waals surface area contributed by atoms with Crippen LogP contribution in [0.3, 0.4) is 0 Å². The SMILES string of the molecule is CC1C=C(c2cccc3ccccc23)N=C(C(Nc2cc(C(F)(F)F)cc(C(F)(F)F)c2)c2ccccc2-c2ccccc2)C1. The van der Waals surface area contributed by atoms with Crippen LogP contribution in [0.4, 0.5) is 32.0 Å². The zero-order chi connectivity index (χ0) is 31.8. The molecule has 1 aliphatic heterocycles. The van der Waals surface area contributed by atoms with E-state index in [4.69, 9.17) is 4.99 Å². The summed E-state index contributed by atoms with van der Waals surface area (Å²) >= 11 is 0. The van der Waals surface area contributed by atoms with Crippen LogP contribution in [-0.4, -0.2) is 5.71 Å². The van der Waals surface area contributed by atoms with Gasteiger partial charge in [-0.05, 0) is 58.0 Å². The van der Waals surface area contributed by atoms with Gasteiger partial charge in [-0.2, -0.15) is 26.3 Å². The molecule has 0 bridgehead atoms. The Morgan fingerprint density at radius 3 is 2.00 bits per heavy atom. The van der Waals surface area contributed by atoms with E-state index in [2.05, 4.69) is 11.4 Å². The number of hydrogen-bond acceptors (Lipinski definition) is 2. The van der Waals surface area contributed by atoms with Gasteiger partial charge < -0.3 is 5.32 Å². The number of benzene rings is 5. The largest absolute Gasteiger partial charge is 0.416 e. The Kier molecular flexibility index (Phi) is 7.99. The minimum Gasteiger partial charge on any atom is -0.373 e. The van der Waals surface area contributed by atoms with Crippen LogP contribution in [0.15, 0.2) is 126 Å². The number of halogens is 6. The Balaban J connectivity index is 1.54. The van der Waals surface area contributed by atoms with Gasteiger partial charge in [-0.25, -0.2) is 0 Å². The van der Waals surface area contributed by atoms with E-state index in [9.17, 15) is 26.3 Å². The molecule has 5 aromatic carbocycles. The van der Waals surface area contributed by atoms with Crippen LogP contribution in [0.5, 0.6) is 0 Å². The number of rotatable bonds is 6. The second-order valence-electron chi connectivity index (χ2n) is 11.2. The molecule has 0 spiro atoms. The standard InChI is InChI=1S/C37H28F6N2/c1-23-18-33(31-17-9-13-25-12-5-6-14-29(25)31)45-34(19-23)35(32-16-8-7-15-30(32)24-10-3-2-4-11-24)44-28-21-26(36(38,39)40)20-27(22-28)37(41,42)43/h2-18,20-23,35,44H,19H2,1H3. The van der Waals surface area contributed by atoms with Crippen LogP contribution in [0.1, 0.15) is 41.6 Å². The summed E-state index contributed by atoms with van der Waals surface area (Å²) in [4.78, 5) is 5.07. The lowest BCUT2D eigenvalue weighted by Crippen LogP contribution is -2.26. The fourth-order valence-electron chi connectivity index (χ4n) is 5.85. The highest BCUT2D eigenvalue weighted by Gasteiger charge is 2.37. The van der Waals surface area contributed by atoms with Crippen LogP contribution < -0.4 is 5.32 Å². The van der Waals surface area contributed by atoms with Crippen LogP contribution in [-0.2, 0) is 12.4 Å². The van der Waals surface area contributed by atoms with Crippen LogP contribution in [0.2, 0.25) is 0 Å². The van der Waals surface area contributed by atoms with Crippen molar-refractivity contribution in [3.8, 4) is 11.1 Å². The summed E-state index contributed by atoms with van der Waals surface area (Å²) in [5, 5.41) is 5.09. The third kappa shape index (κ3) is 6.50. The van der Waals surface area contributed by atoms with Gasteiger partial charge in [0, 0.05) is 17.0 Å². The summed E-state index contributed by atoms with van der Waals surface area (Å²) in [6.45, 7) is 2.02. The zero-order valence-corrected chi connectivity index (χ0v) is 24.1. The maximum Gasteiger partial charge on any atom is 0.416 e. The number of fused-ring (bicyclic) bond motifs is 1. The van der Waals surface area contributed by atoms with Crippen molar-refractivity contribution in [2.45, 2.75) is 31.7 Å². The van der Waals surface area contributed by atoms with Crippen LogP contribution >= 0.6 is 0 Å². The van der Waals surface area contributed by atoms with Gasteiger partial charge >= 0.3 is 12.4 Å². The molecule has 0 aromatic heterocycles. The smallest absolute Gasteiger partial charge is 0.373 e. The molecule has 1 aliphatic rings. The number of alkyl halides is 6. The van der Waals surface area contributed by atoms with E-state index >= 15 is 0 Å². The molecule has 8 heteroatoms. The third-order valence-electron chi connectivity index (χ3n) is 7.89. The first-order chi connectivity index (χ1) is 21.5. The Bertz CT molecular complexity index is 1870. The first kappa shape index (κ1) is 30.2. The predicted molar refractivity (Wildman–Crippen MR) is 168 cm³/mol. The molecule has 0 aliphatic carbocycles. The van der Waals surface area contributed by atoms with Crippen molar-refractivity contribution in [3.63, 3.8) is 0 Å². The molecule has 6 rings (SSSR count). The van der Waals surface area contributed by atoms with Gasteiger partial charge in [0.25, 0.3) is 0 Å². The average Bonchev–Trinajstić information content (AvgIpc) is 3.02. The molecular weight excluding hydrogens is 586 g/mol. The fourth-order valence-corrected chi connectivity index (χ4v) is 5.85. The summed E-state index contributed by atoms with van der Waals surface area (Å²) < 4.78 is 83.0. The van der Waals surface area contributed by atoms with Gasteiger partial charge in [-0.15, -0.1) is 0 Å². The molecule has 228 valence electrons. The monoisotopic (exact) mass is 614 g/mol. The second kappa shape index (κ2) is 11.9. The van der Waals surface area contributed by atoms with Gasteiger partial charge in [0.2, 0.25) is 0 Å². The maximum absolute atomic E-state index is 13.8. The molecule has 0 fully saturated rings. The van der Waals surface area contributed by atoms with Crippen molar-refractivity contribution in [2.75, 3.05) is 5.32 Å². The van der Waals surface area contributed by atoms with Crippen molar-refractivity contribution in [1.82, 2.24) is 0 Å². The summed E-state index contributed by atoms with van der Waals surface area (Å²) in [7, 11) is 0. The highest BCUT2D eigenvalue weighted by molar-refractivity contribution is 6.02. The molecule has 0 amide bonds. The van der Waals surface area contributed by atoms with Gasteiger partial charge in [0.1, 0.15) is 0 Å². The minimum atomic E-state index is -4.98. The van der Waals surface area contributed by atoms with E-state index in [-0.39, 0.29) is 17.7 Å². The van der Waals surface area contributed by atoms with Crippen molar-refractivity contribution in [1.29, 1.82) is 0 Å². The van der Waals surface area contributed by atoms with Gasteiger partial charge in [-0.3, -0.25) is 4.99 Å². The van der Waals surface area contributed by atoms with E-state index in [1.54, 1.807) is 6.07 Å². The molecule has 5 aromatic rings. The fraction of sp³-hybridized carbons (Fsp3) is 0.162. The molecule has 0 saturated heterocycles. The Morgan fingerprint density at radius 1 is 0.689 bits per heavy atom. The Morgan fingerprint density at radius 2 is 1.29 bits per heavy atom. The summed E-state index contributed by atoms with van der Waals surface area (Å²) in [6, 6.07) is 31.4. The van der Waals surface area contributed by atoms with E-state index in [0.29, 0.717) is 23.4 Å². The summed E-state index contributed by atoms with van der Waals surface area (Å²) in [5.41, 5.74) is 1.44. The lowest BCUT2D eigenvalue weighted by atomic mass is 9.86. The number of nitrogens with zero attached hydrogens (tertiary/aromatic N) is 1. The number of hydrogen-bond donors (Lipinski definition) is 1. The molecule has 45 heavy (non-hydrogen) atoms. The minimum absolute atomic E-state index is 0.00750. The summed E-state index contributed by atoms with van der Waals surface area (Å²) in [5.74, 6) is -0.00750. The highest BCUT2D eigenvalue weighted by atomic mass is 19.4. The Hall–Kier alpha value is -4.85.